The van der Waals surface area contributed by atoms with Crippen molar-refractivity contribution in [2.45, 2.75) is 25.8 Å². The quantitative estimate of drug-likeness (QED) is 0.788. The summed E-state index contributed by atoms with van der Waals surface area (Å²) in [6, 6.07) is 7.95. The van der Waals surface area contributed by atoms with E-state index in [0.717, 1.165) is 23.8 Å². The van der Waals surface area contributed by atoms with Crippen LogP contribution in [0, 0.1) is 5.92 Å². The van der Waals surface area contributed by atoms with E-state index in [0.29, 0.717) is 6.54 Å². The van der Waals surface area contributed by atoms with Crippen LogP contribution in [0.4, 0.5) is 0 Å². The third-order valence-corrected chi connectivity index (χ3v) is 3.46. The van der Waals surface area contributed by atoms with Gasteiger partial charge in [0.05, 0.1) is 13.7 Å². The fourth-order valence-corrected chi connectivity index (χ4v) is 2.02. The summed E-state index contributed by atoms with van der Waals surface area (Å²) < 4.78 is 5.32. The Hall–Kier alpha value is -1.55. The largest absolute Gasteiger partial charge is 0.496 e. The lowest BCUT2D eigenvalue weighted by Crippen LogP contribution is -2.36. The molecule has 0 aromatic heterocycles. The number of rotatable bonds is 7. The van der Waals surface area contributed by atoms with Crippen LogP contribution < -0.4 is 15.4 Å². The second kappa shape index (κ2) is 6.57. The number of carbonyl (C=O) groups is 1. The summed E-state index contributed by atoms with van der Waals surface area (Å²) in [5, 5.41) is 6.17. The van der Waals surface area contributed by atoms with Gasteiger partial charge in [0.1, 0.15) is 5.75 Å². The van der Waals surface area contributed by atoms with Gasteiger partial charge in [-0.3, -0.25) is 4.79 Å². The Bertz CT molecular complexity index is 430. The maximum atomic E-state index is 11.7. The minimum Gasteiger partial charge on any atom is -0.496 e. The van der Waals surface area contributed by atoms with E-state index in [4.69, 9.17) is 4.74 Å². The van der Waals surface area contributed by atoms with Crippen LogP contribution in [0.2, 0.25) is 0 Å². The van der Waals surface area contributed by atoms with E-state index in [1.807, 2.05) is 31.2 Å². The van der Waals surface area contributed by atoms with Crippen molar-refractivity contribution in [3.63, 3.8) is 0 Å². The molecule has 0 radical (unpaired) electrons. The molecule has 0 spiro atoms. The summed E-state index contributed by atoms with van der Waals surface area (Å²) in [5.74, 6) is 1.63. The first-order valence-electron chi connectivity index (χ1n) is 6.83. The Balaban J connectivity index is 1.79. The number of benzene rings is 1. The fourth-order valence-electron chi connectivity index (χ4n) is 2.02. The first-order chi connectivity index (χ1) is 9.20. The monoisotopic (exact) mass is 262 g/mol. The fraction of sp³-hybridized carbons (Fsp3) is 0.533. The van der Waals surface area contributed by atoms with Gasteiger partial charge in [0.25, 0.3) is 0 Å². The van der Waals surface area contributed by atoms with E-state index in [9.17, 15) is 4.79 Å². The molecule has 1 saturated carbocycles. The summed E-state index contributed by atoms with van der Waals surface area (Å²) in [6.07, 6.45) is 2.51. The molecule has 19 heavy (non-hydrogen) atoms. The highest BCUT2D eigenvalue weighted by Crippen LogP contribution is 2.27. The lowest BCUT2D eigenvalue weighted by Gasteiger charge is -2.17. The number of para-hydroxylation sites is 1. The highest BCUT2D eigenvalue weighted by Gasteiger charge is 2.21. The Morgan fingerprint density at radius 1 is 1.42 bits per heavy atom. The van der Waals surface area contributed by atoms with Crippen molar-refractivity contribution in [1.29, 1.82) is 0 Å². The van der Waals surface area contributed by atoms with Gasteiger partial charge < -0.3 is 15.4 Å². The lowest BCUT2D eigenvalue weighted by molar-refractivity contribution is -0.120. The number of hydrogen-bond donors (Lipinski definition) is 2. The van der Waals surface area contributed by atoms with Crippen LogP contribution in [0.3, 0.4) is 0 Å². The molecule has 1 aliphatic carbocycles. The lowest BCUT2D eigenvalue weighted by atomic mass is 10.1. The average molecular weight is 262 g/mol. The highest BCUT2D eigenvalue weighted by atomic mass is 16.5. The zero-order chi connectivity index (χ0) is 13.7. The predicted molar refractivity (Wildman–Crippen MR) is 75.1 cm³/mol. The SMILES string of the molecule is COc1ccccc1[C@H](C)NCC(=O)NCC1CC1. The van der Waals surface area contributed by atoms with Crippen molar-refractivity contribution >= 4 is 5.91 Å². The molecule has 0 aliphatic heterocycles. The minimum atomic E-state index is 0.0636. The topological polar surface area (TPSA) is 50.4 Å². The molecule has 0 unspecified atom stereocenters. The molecule has 0 saturated heterocycles. The predicted octanol–water partition coefficient (Wildman–Crippen LogP) is 1.87. The van der Waals surface area contributed by atoms with E-state index in [-0.39, 0.29) is 11.9 Å². The van der Waals surface area contributed by atoms with Crippen LogP contribution in [0.1, 0.15) is 31.4 Å². The van der Waals surface area contributed by atoms with E-state index < -0.39 is 0 Å². The van der Waals surface area contributed by atoms with Crippen molar-refractivity contribution in [1.82, 2.24) is 10.6 Å². The molecule has 0 bridgehead atoms. The minimum absolute atomic E-state index is 0.0636. The van der Waals surface area contributed by atoms with Crippen molar-refractivity contribution in [2.75, 3.05) is 20.2 Å². The number of nitrogens with one attached hydrogen (secondary N) is 2. The van der Waals surface area contributed by atoms with Gasteiger partial charge in [-0.1, -0.05) is 18.2 Å². The summed E-state index contributed by atoms with van der Waals surface area (Å²) in [4.78, 5) is 11.7. The summed E-state index contributed by atoms with van der Waals surface area (Å²) in [5.41, 5.74) is 1.07. The number of amides is 1. The van der Waals surface area contributed by atoms with Crippen molar-refractivity contribution in [2.24, 2.45) is 5.92 Å². The zero-order valence-electron chi connectivity index (χ0n) is 11.6. The van der Waals surface area contributed by atoms with Gasteiger partial charge in [-0.05, 0) is 31.7 Å². The standard InChI is InChI=1S/C15H22N2O2/c1-11(13-5-3-4-6-14(13)19-2)16-10-15(18)17-9-12-7-8-12/h3-6,11-12,16H,7-10H2,1-2H3,(H,17,18)/t11-/m0/s1. The smallest absolute Gasteiger partial charge is 0.233 e. The van der Waals surface area contributed by atoms with Gasteiger partial charge in [0.2, 0.25) is 5.91 Å². The molecule has 1 amide bonds. The molecule has 2 rings (SSSR count). The van der Waals surface area contributed by atoms with Gasteiger partial charge in [0, 0.05) is 18.2 Å². The van der Waals surface area contributed by atoms with Crippen LogP contribution in [-0.4, -0.2) is 26.1 Å². The number of methoxy groups -OCH3 is 1. The molecule has 4 heteroatoms. The van der Waals surface area contributed by atoms with E-state index in [2.05, 4.69) is 10.6 Å². The zero-order valence-corrected chi connectivity index (χ0v) is 11.6. The summed E-state index contributed by atoms with van der Waals surface area (Å²) in [6.45, 7) is 3.20. The van der Waals surface area contributed by atoms with Crippen molar-refractivity contribution < 1.29 is 9.53 Å². The van der Waals surface area contributed by atoms with Gasteiger partial charge in [-0.25, -0.2) is 0 Å². The molecular formula is C15H22N2O2. The Labute approximate surface area is 114 Å². The molecular weight excluding hydrogens is 240 g/mol. The second-order valence-electron chi connectivity index (χ2n) is 5.09. The van der Waals surface area contributed by atoms with Crippen LogP contribution in [0.25, 0.3) is 0 Å². The van der Waals surface area contributed by atoms with Gasteiger partial charge in [-0.2, -0.15) is 0 Å². The normalized spacial score (nSPS) is 15.9. The number of carbonyl (C=O) groups excluding carboxylic acids is 1. The molecule has 1 aromatic carbocycles. The molecule has 1 fully saturated rings. The Morgan fingerprint density at radius 3 is 2.84 bits per heavy atom. The third kappa shape index (κ3) is 4.24. The molecule has 1 aromatic rings. The van der Waals surface area contributed by atoms with Gasteiger partial charge in [-0.15, -0.1) is 0 Å². The Kier molecular flexibility index (Phi) is 4.80. The van der Waals surface area contributed by atoms with Gasteiger partial charge in [0.15, 0.2) is 0 Å². The van der Waals surface area contributed by atoms with Crippen LogP contribution >= 0.6 is 0 Å². The van der Waals surface area contributed by atoms with Crippen LogP contribution in [-0.2, 0) is 4.79 Å². The van der Waals surface area contributed by atoms with E-state index >= 15 is 0 Å². The van der Waals surface area contributed by atoms with Crippen molar-refractivity contribution in [3.8, 4) is 5.75 Å². The molecule has 1 atom stereocenters. The molecule has 104 valence electrons. The first kappa shape index (κ1) is 13.9. The van der Waals surface area contributed by atoms with E-state index in [1.54, 1.807) is 7.11 Å². The number of ether oxygens (including phenoxy) is 1. The molecule has 0 heterocycles. The van der Waals surface area contributed by atoms with Gasteiger partial charge >= 0.3 is 0 Å². The van der Waals surface area contributed by atoms with Crippen LogP contribution in [0.15, 0.2) is 24.3 Å². The third-order valence-electron chi connectivity index (χ3n) is 3.46. The van der Waals surface area contributed by atoms with Crippen molar-refractivity contribution in [3.05, 3.63) is 29.8 Å². The second-order valence-corrected chi connectivity index (χ2v) is 5.09. The Morgan fingerprint density at radius 2 is 2.16 bits per heavy atom. The summed E-state index contributed by atoms with van der Waals surface area (Å²) in [7, 11) is 1.66. The molecule has 1 aliphatic rings. The maximum absolute atomic E-state index is 11.7. The highest BCUT2D eigenvalue weighted by molar-refractivity contribution is 5.78. The average Bonchev–Trinajstić information content (AvgIpc) is 3.26. The number of hydrogen-bond acceptors (Lipinski definition) is 3. The van der Waals surface area contributed by atoms with Crippen LogP contribution in [0.5, 0.6) is 5.75 Å². The maximum Gasteiger partial charge on any atom is 0.233 e. The van der Waals surface area contributed by atoms with E-state index in [1.165, 1.54) is 12.8 Å². The molecule has 2 N–H and O–H groups in total. The first-order valence-corrected chi connectivity index (χ1v) is 6.83. The molecule has 4 nitrogen and oxygen atoms in total. The summed E-state index contributed by atoms with van der Waals surface area (Å²) >= 11 is 0.